The lowest BCUT2D eigenvalue weighted by atomic mass is 10.1. The number of carbonyl (C=O) groups is 1. The molecule has 36 heavy (non-hydrogen) atoms. The Morgan fingerprint density at radius 1 is 0.917 bits per heavy atom. The number of hydrogen-bond acceptors (Lipinski definition) is 4. The number of aryl methyl sites for hydroxylation is 1. The van der Waals surface area contributed by atoms with Crippen molar-refractivity contribution in [1.82, 2.24) is 24.4 Å². The minimum atomic E-state index is -0.0475. The van der Waals surface area contributed by atoms with Gasteiger partial charge in [-0.1, -0.05) is 48.5 Å². The number of nitrogens with zero attached hydrogens (tertiary/aromatic N) is 4. The molecule has 3 aromatic carbocycles. The van der Waals surface area contributed by atoms with Crippen molar-refractivity contribution in [3.63, 3.8) is 0 Å². The number of hydrogen-bond donors (Lipinski definition) is 1. The Bertz CT molecular complexity index is 1610. The third-order valence-corrected chi connectivity index (χ3v) is 6.76. The molecule has 2 heterocycles. The van der Waals surface area contributed by atoms with Crippen LogP contribution in [0.5, 0.6) is 0 Å². The molecule has 0 bridgehead atoms. The standard InChI is InChI=1S/C29H27N5O2/c35-28(16-15-27-32-24-6-2-1-5-23(24)29(36)34(27)22-13-14-22)30-17-20-9-11-21(12-10-20)18-33-19-31-25-7-3-4-8-26(25)33/h1-12,19,22H,13-18H2,(H,30,35). The molecule has 1 saturated carbocycles. The van der Waals surface area contributed by atoms with Gasteiger partial charge in [0.05, 0.1) is 28.3 Å². The second-order valence-electron chi connectivity index (χ2n) is 9.41. The van der Waals surface area contributed by atoms with E-state index in [0.717, 1.165) is 36.0 Å². The lowest BCUT2D eigenvalue weighted by Gasteiger charge is -2.13. The zero-order valence-corrected chi connectivity index (χ0v) is 19.9. The molecular formula is C29H27N5O2. The zero-order valence-electron chi connectivity index (χ0n) is 19.9. The first-order valence-electron chi connectivity index (χ1n) is 12.4. The molecule has 5 aromatic rings. The zero-order chi connectivity index (χ0) is 24.5. The Hall–Kier alpha value is -4.26. The van der Waals surface area contributed by atoms with E-state index in [9.17, 15) is 9.59 Å². The average molecular weight is 478 g/mol. The van der Waals surface area contributed by atoms with Crippen LogP contribution in [0.15, 0.2) is 83.9 Å². The molecule has 7 nitrogen and oxygen atoms in total. The minimum Gasteiger partial charge on any atom is -0.352 e. The number of amides is 1. The summed E-state index contributed by atoms with van der Waals surface area (Å²) < 4.78 is 3.94. The maximum atomic E-state index is 13.0. The maximum absolute atomic E-state index is 13.0. The monoisotopic (exact) mass is 477 g/mol. The summed E-state index contributed by atoms with van der Waals surface area (Å²) in [5.74, 6) is 0.654. The van der Waals surface area contributed by atoms with Gasteiger partial charge in [0.2, 0.25) is 5.91 Å². The van der Waals surface area contributed by atoms with Crippen LogP contribution in [0, 0.1) is 0 Å². The number of imidazole rings is 1. The van der Waals surface area contributed by atoms with Crippen molar-refractivity contribution in [2.24, 2.45) is 0 Å². The van der Waals surface area contributed by atoms with Crippen LogP contribution < -0.4 is 10.9 Å². The molecule has 0 spiro atoms. The van der Waals surface area contributed by atoms with E-state index in [0.29, 0.717) is 36.1 Å². The van der Waals surface area contributed by atoms with Gasteiger partial charge in [-0.25, -0.2) is 9.97 Å². The summed E-state index contributed by atoms with van der Waals surface area (Å²) in [5, 5.41) is 3.65. The van der Waals surface area contributed by atoms with E-state index in [1.165, 1.54) is 5.56 Å². The van der Waals surface area contributed by atoms with Gasteiger partial charge in [0, 0.05) is 32.0 Å². The van der Waals surface area contributed by atoms with E-state index >= 15 is 0 Å². The van der Waals surface area contributed by atoms with E-state index in [-0.39, 0.29) is 17.5 Å². The van der Waals surface area contributed by atoms with Crippen LogP contribution in [0.25, 0.3) is 21.9 Å². The van der Waals surface area contributed by atoms with E-state index in [2.05, 4.69) is 33.1 Å². The topological polar surface area (TPSA) is 81.8 Å². The minimum absolute atomic E-state index is 0.00212. The van der Waals surface area contributed by atoms with Crippen molar-refractivity contribution in [1.29, 1.82) is 0 Å². The lowest BCUT2D eigenvalue weighted by Crippen LogP contribution is -2.27. The fraction of sp³-hybridized carbons (Fsp3) is 0.241. The quantitative estimate of drug-likeness (QED) is 0.360. The Labute approximate surface area is 208 Å². The fourth-order valence-electron chi connectivity index (χ4n) is 4.69. The molecule has 1 aliphatic carbocycles. The fourth-order valence-corrected chi connectivity index (χ4v) is 4.69. The molecule has 0 aliphatic heterocycles. The maximum Gasteiger partial charge on any atom is 0.261 e. The van der Waals surface area contributed by atoms with E-state index < -0.39 is 0 Å². The van der Waals surface area contributed by atoms with Crippen LogP contribution in [0.1, 0.15) is 42.3 Å². The lowest BCUT2D eigenvalue weighted by molar-refractivity contribution is -0.121. The molecule has 0 radical (unpaired) electrons. The van der Waals surface area contributed by atoms with Gasteiger partial charge in [0.15, 0.2) is 0 Å². The number of carbonyl (C=O) groups excluding carboxylic acids is 1. The van der Waals surface area contributed by atoms with Crippen molar-refractivity contribution >= 4 is 27.8 Å². The number of fused-ring (bicyclic) bond motifs is 2. The molecular weight excluding hydrogens is 450 g/mol. The molecule has 6 rings (SSSR count). The SMILES string of the molecule is O=C(CCc1nc2ccccc2c(=O)n1C1CC1)NCc1ccc(Cn2cnc3ccccc32)cc1. The van der Waals surface area contributed by atoms with Gasteiger partial charge in [0.1, 0.15) is 5.82 Å². The Kier molecular flexibility index (Phi) is 5.81. The summed E-state index contributed by atoms with van der Waals surface area (Å²) >= 11 is 0. The predicted molar refractivity (Wildman–Crippen MR) is 140 cm³/mol. The summed E-state index contributed by atoms with van der Waals surface area (Å²) in [5.41, 5.74) is 5.02. The molecule has 0 atom stereocenters. The largest absolute Gasteiger partial charge is 0.352 e. The third kappa shape index (κ3) is 4.52. The Morgan fingerprint density at radius 3 is 2.44 bits per heavy atom. The summed E-state index contributed by atoms with van der Waals surface area (Å²) in [4.78, 5) is 34.8. The van der Waals surface area contributed by atoms with Gasteiger partial charge in [-0.2, -0.15) is 0 Å². The van der Waals surface area contributed by atoms with E-state index in [1.54, 1.807) is 4.57 Å². The van der Waals surface area contributed by atoms with Crippen LogP contribution in [-0.4, -0.2) is 25.0 Å². The van der Waals surface area contributed by atoms with Crippen molar-refractivity contribution in [3.05, 3.63) is 106 Å². The average Bonchev–Trinajstić information content (AvgIpc) is 3.67. The van der Waals surface area contributed by atoms with Crippen LogP contribution in [0.4, 0.5) is 0 Å². The first-order valence-corrected chi connectivity index (χ1v) is 12.4. The molecule has 7 heteroatoms. The normalized spacial score (nSPS) is 13.3. The highest BCUT2D eigenvalue weighted by molar-refractivity contribution is 5.78. The van der Waals surface area contributed by atoms with Crippen molar-refractivity contribution in [3.8, 4) is 0 Å². The number of aromatic nitrogens is 4. The Balaban J connectivity index is 1.07. The summed E-state index contributed by atoms with van der Waals surface area (Å²) in [6.45, 7) is 1.21. The summed E-state index contributed by atoms with van der Waals surface area (Å²) in [6, 6.07) is 24.0. The van der Waals surface area contributed by atoms with Gasteiger partial charge < -0.3 is 9.88 Å². The van der Waals surface area contributed by atoms with Crippen molar-refractivity contribution in [2.45, 2.75) is 44.8 Å². The molecule has 0 unspecified atom stereocenters. The highest BCUT2D eigenvalue weighted by atomic mass is 16.1. The molecule has 1 fully saturated rings. The predicted octanol–water partition coefficient (Wildman–Crippen LogP) is 4.38. The number of para-hydroxylation sites is 3. The first-order chi connectivity index (χ1) is 17.7. The smallest absolute Gasteiger partial charge is 0.261 e. The van der Waals surface area contributed by atoms with Crippen molar-refractivity contribution in [2.75, 3.05) is 0 Å². The molecule has 1 amide bonds. The third-order valence-electron chi connectivity index (χ3n) is 6.76. The van der Waals surface area contributed by atoms with Crippen LogP contribution in [0.3, 0.4) is 0 Å². The van der Waals surface area contributed by atoms with Gasteiger partial charge >= 0.3 is 0 Å². The van der Waals surface area contributed by atoms with Gasteiger partial charge in [-0.3, -0.25) is 14.2 Å². The van der Waals surface area contributed by atoms with Crippen LogP contribution in [-0.2, 0) is 24.3 Å². The van der Waals surface area contributed by atoms with E-state index in [1.807, 2.05) is 60.9 Å². The Morgan fingerprint density at radius 2 is 1.64 bits per heavy atom. The molecule has 1 aliphatic rings. The number of nitrogens with one attached hydrogen (secondary N) is 1. The van der Waals surface area contributed by atoms with Crippen molar-refractivity contribution < 1.29 is 4.79 Å². The number of benzene rings is 3. The molecule has 180 valence electrons. The second kappa shape index (κ2) is 9.41. The molecule has 1 N–H and O–H groups in total. The summed E-state index contributed by atoms with van der Waals surface area (Å²) in [7, 11) is 0. The van der Waals surface area contributed by atoms with E-state index in [4.69, 9.17) is 4.98 Å². The van der Waals surface area contributed by atoms with Gasteiger partial charge in [-0.15, -0.1) is 0 Å². The summed E-state index contributed by atoms with van der Waals surface area (Å²) in [6.07, 6.45) is 4.59. The number of rotatable bonds is 8. The molecule has 2 aromatic heterocycles. The second-order valence-corrected chi connectivity index (χ2v) is 9.41. The van der Waals surface area contributed by atoms with Crippen LogP contribution >= 0.6 is 0 Å². The molecule has 0 saturated heterocycles. The van der Waals surface area contributed by atoms with Gasteiger partial charge in [-0.05, 0) is 48.2 Å². The van der Waals surface area contributed by atoms with Crippen LogP contribution in [0.2, 0.25) is 0 Å². The first kappa shape index (κ1) is 22.2. The highest BCUT2D eigenvalue weighted by Gasteiger charge is 2.28. The van der Waals surface area contributed by atoms with Gasteiger partial charge in [0.25, 0.3) is 5.56 Å². The highest BCUT2D eigenvalue weighted by Crippen LogP contribution is 2.34.